The van der Waals surface area contributed by atoms with Crippen LogP contribution in [0, 0.1) is 0 Å². The van der Waals surface area contributed by atoms with Crippen molar-refractivity contribution in [3.05, 3.63) is 0 Å². The number of hydrogen-bond acceptors (Lipinski definition) is 9. The van der Waals surface area contributed by atoms with Crippen LogP contribution in [0.5, 0.6) is 0 Å². The average Bonchev–Trinajstić information content (AvgIpc) is 2.64. The second-order valence-corrected chi connectivity index (χ2v) is 8.34. The van der Waals surface area contributed by atoms with Gasteiger partial charge in [0.05, 0.1) is 45.7 Å². The zero-order chi connectivity index (χ0) is 20.4. The highest BCUT2D eigenvalue weighted by Gasteiger charge is 2.24. The lowest BCUT2D eigenvalue weighted by molar-refractivity contribution is -0.121. The number of aliphatic hydroxyl groups is 1. The molecule has 0 spiro atoms. The molecule has 0 aromatic heterocycles. The summed E-state index contributed by atoms with van der Waals surface area (Å²) in [4.78, 5) is 11.7. The van der Waals surface area contributed by atoms with Crippen LogP contribution in [0.2, 0.25) is 0 Å². The van der Waals surface area contributed by atoms with Crippen molar-refractivity contribution in [3.63, 3.8) is 0 Å². The predicted octanol–water partition coefficient (Wildman–Crippen LogP) is 0.343. The minimum atomic E-state index is -3.62. The first-order chi connectivity index (χ1) is 12.9. The predicted molar refractivity (Wildman–Crippen MR) is 104 cm³/mol. The Morgan fingerprint density at radius 1 is 1.15 bits per heavy atom. The van der Waals surface area contributed by atoms with Crippen molar-refractivity contribution in [2.24, 2.45) is 5.73 Å². The minimum Gasteiger partial charge on any atom is -0.394 e. The second kappa shape index (κ2) is 17.8. The van der Waals surface area contributed by atoms with E-state index in [4.69, 9.17) is 34.1 Å². The van der Waals surface area contributed by atoms with Crippen LogP contribution in [0.3, 0.4) is 0 Å². The van der Waals surface area contributed by atoms with Crippen LogP contribution < -0.4 is 11.1 Å². The molecule has 0 saturated heterocycles. The Morgan fingerprint density at radius 3 is 2.44 bits per heavy atom. The highest BCUT2D eigenvalue weighted by atomic mass is 32.7. The van der Waals surface area contributed by atoms with Gasteiger partial charge in [-0.05, 0) is 12.8 Å². The van der Waals surface area contributed by atoms with Crippen LogP contribution in [0.15, 0.2) is 0 Å². The lowest BCUT2D eigenvalue weighted by Crippen LogP contribution is -2.37. The van der Waals surface area contributed by atoms with Gasteiger partial charge in [0.2, 0.25) is 5.91 Å². The molecule has 162 valence electrons. The fourth-order valence-electron chi connectivity index (χ4n) is 1.83. The highest BCUT2D eigenvalue weighted by molar-refractivity contribution is 8.44. The SMILES string of the molecule is COCCCCC(=O)NCC(CN)OP(=O)(S)OCCOCCOCCO. The van der Waals surface area contributed by atoms with Crippen LogP contribution in [0.1, 0.15) is 19.3 Å². The van der Waals surface area contributed by atoms with E-state index in [0.717, 1.165) is 6.42 Å². The number of thiol groups is 1. The molecule has 0 bridgehead atoms. The fraction of sp³-hybridized carbons (Fsp3) is 0.933. The van der Waals surface area contributed by atoms with Gasteiger partial charge < -0.3 is 30.4 Å². The van der Waals surface area contributed by atoms with Crippen molar-refractivity contribution < 1.29 is 37.7 Å². The molecule has 0 aromatic rings. The Kier molecular flexibility index (Phi) is 17.7. The molecule has 0 fully saturated rings. The first-order valence-corrected chi connectivity index (χ1v) is 11.5. The Balaban J connectivity index is 3.89. The number of nitrogens with two attached hydrogens (primary N) is 1. The highest BCUT2D eigenvalue weighted by Crippen LogP contribution is 2.53. The summed E-state index contributed by atoms with van der Waals surface area (Å²) in [6, 6.07) is 0. The molecule has 10 nitrogen and oxygen atoms in total. The number of amides is 1. The molecule has 1 amide bonds. The average molecular weight is 432 g/mol. The normalized spacial score (nSPS) is 14.7. The van der Waals surface area contributed by atoms with E-state index < -0.39 is 12.9 Å². The molecule has 2 atom stereocenters. The maximum atomic E-state index is 12.2. The van der Waals surface area contributed by atoms with E-state index in [1.807, 2.05) is 0 Å². The monoisotopic (exact) mass is 432 g/mol. The smallest absolute Gasteiger partial charge is 0.386 e. The van der Waals surface area contributed by atoms with Gasteiger partial charge in [-0.1, -0.05) is 12.2 Å². The van der Waals surface area contributed by atoms with Crippen LogP contribution in [0.4, 0.5) is 0 Å². The van der Waals surface area contributed by atoms with E-state index in [0.29, 0.717) is 32.7 Å². The third-order valence-corrected chi connectivity index (χ3v) is 4.87. The molecule has 27 heavy (non-hydrogen) atoms. The minimum absolute atomic E-state index is 0.0178. The second-order valence-electron chi connectivity index (χ2n) is 5.47. The van der Waals surface area contributed by atoms with Crippen molar-refractivity contribution in [3.8, 4) is 0 Å². The van der Waals surface area contributed by atoms with Crippen molar-refractivity contribution in [1.29, 1.82) is 0 Å². The molecule has 0 aliphatic rings. The maximum Gasteiger partial charge on any atom is 0.386 e. The van der Waals surface area contributed by atoms with E-state index in [2.05, 4.69) is 17.6 Å². The van der Waals surface area contributed by atoms with Crippen LogP contribution in [-0.2, 0) is 32.6 Å². The first kappa shape index (κ1) is 26.8. The van der Waals surface area contributed by atoms with Crippen LogP contribution in [-0.4, -0.2) is 83.6 Å². The number of ether oxygens (including phenoxy) is 3. The Morgan fingerprint density at radius 2 is 1.81 bits per heavy atom. The number of carbonyl (C=O) groups excluding carboxylic acids is 1. The van der Waals surface area contributed by atoms with Gasteiger partial charge in [-0.3, -0.25) is 13.8 Å². The summed E-state index contributed by atoms with van der Waals surface area (Å²) in [5.74, 6) is -0.139. The van der Waals surface area contributed by atoms with Crippen LogP contribution >= 0.6 is 19.0 Å². The van der Waals surface area contributed by atoms with E-state index >= 15 is 0 Å². The molecule has 0 aromatic carbocycles. The van der Waals surface area contributed by atoms with Crippen molar-refractivity contribution >= 4 is 25.0 Å². The molecule has 0 heterocycles. The van der Waals surface area contributed by atoms with Crippen LogP contribution in [0.25, 0.3) is 0 Å². The summed E-state index contributed by atoms with van der Waals surface area (Å²) in [6.45, 7) is -1.76. The summed E-state index contributed by atoms with van der Waals surface area (Å²) < 4.78 is 37.7. The molecule has 4 N–H and O–H groups in total. The molecule has 12 heteroatoms. The number of nitrogens with one attached hydrogen (secondary N) is 1. The zero-order valence-corrected chi connectivity index (χ0v) is 17.6. The Hall–Kier alpha value is -0.230. The van der Waals surface area contributed by atoms with Gasteiger partial charge in [0.15, 0.2) is 0 Å². The number of unbranched alkanes of at least 4 members (excludes halogenated alkanes) is 1. The first-order valence-electron chi connectivity index (χ1n) is 8.83. The molecule has 0 aliphatic carbocycles. The molecular formula is C15H33N2O8PS. The summed E-state index contributed by atoms with van der Waals surface area (Å²) in [5.41, 5.74) is 5.58. The zero-order valence-electron chi connectivity index (χ0n) is 15.8. The van der Waals surface area contributed by atoms with E-state index in [9.17, 15) is 9.36 Å². The number of carbonyl (C=O) groups is 1. The molecule has 0 aliphatic heterocycles. The summed E-state index contributed by atoms with van der Waals surface area (Å²) in [7, 11) is 1.61. The summed E-state index contributed by atoms with van der Waals surface area (Å²) in [6.07, 6.45) is 1.21. The summed E-state index contributed by atoms with van der Waals surface area (Å²) >= 11 is 3.90. The third kappa shape index (κ3) is 17.6. The van der Waals surface area contributed by atoms with Gasteiger partial charge in [-0.25, -0.2) is 4.57 Å². The third-order valence-electron chi connectivity index (χ3n) is 3.16. The lowest BCUT2D eigenvalue weighted by atomic mass is 10.2. The van der Waals surface area contributed by atoms with Gasteiger partial charge in [-0.15, -0.1) is 0 Å². The Labute approximate surface area is 166 Å². The molecule has 0 rings (SSSR count). The van der Waals surface area contributed by atoms with Gasteiger partial charge in [0.25, 0.3) is 0 Å². The van der Waals surface area contributed by atoms with Gasteiger partial charge in [0.1, 0.15) is 0 Å². The topological polar surface area (TPSA) is 139 Å². The van der Waals surface area contributed by atoms with Gasteiger partial charge in [-0.2, -0.15) is 0 Å². The van der Waals surface area contributed by atoms with E-state index in [1.54, 1.807) is 7.11 Å². The fourth-order valence-corrected chi connectivity index (χ4v) is 3.38. The van der Waals surface area contributed by atoms with Gasteiger partial charge >= 0.3 is 6.80 Å². The molecule has 0 saturated carbocycles. The number of rotatable bonds is 19. The van der Waals surface area contributed by atoms with E-state index in [1.165, 1.54) is 0 Å². The molecule has 0 radical (unpaired) electrons. The number of methoxy groups -OCH3 is 1. The van der Waals surface area contributed by atoms with Crippen molar-refractivity contribution in [2.45, 2.75) is 25.4 Å². The molecular weight excluding hydrogens is 399 g/mol. The summed E-state index contributed by atoms with van der Waals surface area (Å²) in [5, 5.41) is 11.2. The largest absolute Gasteiger partial charge is 0.394 e. The maximum absolute atomic E-state index is 12.2. The van der Waals surface area contributed by atoms with E-state index in [-0.39, 0.29) is 45.4 Å². The quantitative estimate of drug-likeness (QED) is 0.129. The Bertz CT molecular complexity index is 419. The van der Waals surface area contributed by atoms with Gasteiger partial charge in [0, 0.05) is 33.2 Å². The lowest BCUT2D eigenvalue weighted by Gasteiger charge is -2.20. The van der Waals surface area contributed by atoms with Crippen molar-refractivity contribution in [2.75, 3.05) is 66.4 Å². The number of hydrogen-bond donors (Lipinski definition) is 4. The van der Waals surface area contributed by atoms with Crippen molar-refractivity contribution in [1.82, 2.24) is 5.32 Å². The standard InChI is InChI=1S/C15H33N2O8PS/c1-21-6-3-2-4-15(19)17-13-14(12-16)25-26(20,27)24-11-10-23-9-8-22-7-5-18/h14,18H,2-13,16H2,1H3,(H,17,19)(H,20,27). The molecule has 2 unspecified atom stereocenters. The number of aliphatic hydroxyl groups excluding tert-OH is 1.